The second kappa shape index (κ2) is 9.45. The number of carboxylic acid groups (broad SMARTS) is 2. The van der Waals surface area contributed by atoms with E-state index in [1.807, 2.05) is 6.92 Å². The summed E-state index contributed by atoms with van der Waals surface area (Å²) >= 11 is 0. The quantitative estimate of drug-likeness (QED) is 0.488. The number of anilines is 1. The molecule has 0 aliphatic heterocycles. The molecule has 0 fully saturated rings. The van der Waals surface area contributed by atoms with Gasteiger partial charge in [0.25, 0.3) is 5.91 Å². The van der Waals surface area contributed by atoms with Gasteiger partial charge in [-0.05, 0) is 61.5 Å². The molecule has 0 aliphatic rings. The topological polar surface area (TPSA) is 122 Å². The Hall–Kier alpha value is -4.33. The van der Waals surface area contributed by atoms with E-state index in [2.05, 4.69) is 5.32 Å². The molecular formula is C23H19NO7. The van der Waals surface area contributed by atoms with Crippen LogP contribution in [0, 0.1) is 0 Å². The lowest BCUT2D eigenvalue weighted by atomic mass is 10.1. The lowest BCUT2D eigenvalue weighted by Gasteiger charge is -2.13. The lowest BCUT2D eigenvalue weighted by molar-refractivity contribution is 0.0651. The normalized spacial score (nSPS) is 10.2. The van der Waals surface area contributed by atoms with Gasteiger partial charge in [-0.25, -0.2) is 9.59 Å². The Morgan fingerprint density at radius 3 is 2.13 bits per heavy atom. The molecule has 8 heteroatoms. The summed E-state index contributed by atoms with van der Waals surface area (Å²) in [5.41, 5.74) is 0.0237. The highest BCUT2D eigenvalue weighted by atomic mass is 16.5. The first-order valence-corrected chi connectivity index (χ1v) is 9.30. The van der Waals surface area contributed by atoms with Crippen molar-refractivity contribution in [2.75, 3.05) is 11.9 Å². The summed E-state index contributed by atoms with van der Waals surface area (Å²) in [4.78, 5) is 35.2. The molecule has 31 heavy (non-hydrogen) atoms. The Labute approximate surface area is 177 Å². The molecule has 0 radical (unpaired) electrons. The molecule has 0 spiro atoms. The molecule has 0 unspecified atom stereocenters. The first-order chi connectivity index (χ1) is 14.9. The number of carboxylic acids is 2. The first-order valence-electron chi connectivity index (χ1n) is 9.30. The van der Waals surface area contributed by atoms with E-state index in [1.54, 1.807) is 48.5 Å². The van der Waals surface area contributed by atoms with Crippen LogP contribution in [0.5, 0.6) is 17.2 Å². The molecule has 0 aromatic heterocycles. The van der Waals surface area contributed by atoms with Gasteiger partial charge in [0, 0.05) is 5.56 Å². The molecule has 0 saturated heterocycles. The summed E-state index contributed by atoms with van der Waals surface area (Å²) in [5, 5.41) is 21.2. The fraction of sp³-hybridized carbons (Fsp3) is 0.0870. The van der Waals surface area contributed by atoms with Crippen LogP contribution in [0.1, 0.15) is 38.0 Å². The minimum Gasteiger partial charge on any atom is -0.494 e. The number of hydrogen-bond acceptors (Lipinski definition) is 5. The monoisotopic (exact) mass is 421 g/mol. The van der Waals surface area contributed by atoms with Crippen LogP contribution in [0.15, 0.2) is 66.7 Å². The Morgan fingerprint density at radius 1 is 0.839 bits per heavy atom. The molecule has 8 nitrogen and oxygen atoms in total. The maximum atomic E-state index is 12.6. The highest BCUT2D eigenvalue weighted by Crippen LogP contribution is 2.31. The number of carbonyl (C=O) groups is 3. The molecule has 3 N–H and O–H groups in total. The van der Waals surface area contributed by atoms with Crippen molar-refractivity contribution in [1.29, 1.82) is 0 Å². The van der Waals surface area contributed by atoms with E-state index in [4.69, 9.17) is 14.6 Å². The lowest BCUT2D eigenvalue weighted by Crippen LogP contribution is -2.12. The van der Waals surface area contributed by atoms with Crippen LogP contribution in [0.3, 0.4) is 0 Å². The second-order valence-electron chi connectivity index (χ2n) is 6.33. The highest BCUT2D eigenvalue weighted by Gasteiger charge is 2.18. The van der Waals surface area contributed by atoms with Crippen LogP contribution in [-0.4, -0.2) is 34.7 Å². The number of benzene rings is 3. The smallest absolute Gasteiger partial charge is 0.336 e. The predicted octanol–water partition coefficient (Wildman–Crippen LogP) is 4.53. The van der Waals surface area contributed by atoms with Crippen molar-refractivity contribution in [2.45, 2.75) is 6.92 Å². The van der Waals surface area contributed by atoms with Crippen molar-refractivity contribution in [2.24, 2.45) is 0 Å². The van der Waals surface area contributed by atoms with Crippen molar-refractivity contribution in [3.8, 4) is 17.2 Å². The van der Waals surface area contributed by atoms with Gasteiger partial charge in [-0.3, -0.25) is 4.79 Å². The zero-order chi connectivity index (χ0) is 22.4. The highest BCUT2D eigenvalue weighted by molar-refractivity contribution is 6.05. The molecule has 0 aliphatic carbocycles. The molecule has 158 valence electrons. The Bertz CT molecular complexity index is 1120. The molecule has 3 aromatic rings. The number of carbonyl (C=O) groups excluding carboxylic acids is 1. The van der Waals surface area contributed by atoms with Gasteiger partial charge in [0.05, 0.1) is 23.4 Å². The summed E-state index contributed by atoms with van der Waals surface area (Å²) in [6.45, 7) is 2.39. The largest absolute Gasteiger partial charge is 0.494 e. The van der Waals surface area contributed by atoms with Crippen LogP contribution in [0.4, 0.5) is 5.69 Å². The maximum absolute atomic E-state index is 12.6. The van der Waals surface area contributed by atoms with E-state index in [0.29, 0.717) is 23.6 Å². The van der Waals surface area contributed by atoms with Crippen molar-refractivity contribution in [1.82, 2.24) is 0 Å². The minimum atomic E-state index is -1.39. The summed E-state index contributed by atoms with van der Waals surface area (Å²) < 4.78 is 11.1. The van der Waals surface area contributed by atoms with E-state index >= 15 is 0 Å². The molecule has 3 aromatic carbocycles. The molecule has 1 amide bonds. The van der Waals surface area contributed by atoms with E-state index in [0.717, 1.165) is 12.1 Å². The zero-order valence-corrected chi connectivity index (χ0v) is 16.5. The van der Waals surface area contributed by atoms with Crippen molar-refractivity contribution >= 4 is 23.5 Å². The predicted molar refractivity (Wildman–Crippen MR) is 112 cm³/mol. The summed E-state index contributed by atoms with van der Waals surface area (Å²) in [6.07, 6.45) is 0. The maximum Gasteiger partial charge on any atom is 0.336 e. The molecule has 3 rings (SSSR count). The van der Waals surface area contributed by atoms with E-state index in [-0.39, 0.29) is 23.0 Å². The van der Waals surface area contributed by atoms with Crippen LogP contribution in [0.25, 0.3) is 0 Å². The van der Waals surface area contributed by atoms with Crippen molar-refractivity contribution < 1.29 is 34.1 Å². The SMILES string of the molecule is CCOc1ccc(C(=O)Nc2ccccc2Oc2ccc(C(=O)O)c(C(=O)O)c2)cc1. The Kier molecular flexibility index (Phi) is 6.51. The second-order valence-corrected chi connectivity index (χ2v) is 6.33. The molecule has 0 atom stereocenters. The third-order valence-electron chi connectivity index (χ3n) is 4.24. The van der Waals surface area contributed by atoms with Gasteiger partial charge >= 0.3 is 11.9 Å². The Balaban J connectivity index is 1.82. The van der Waals surface area contributed by atoms with Gasteiger partial charge in [-0.2, -0.15) is 0 Å². The first kappa shape index (κ1) is 21.4. The number of ether oxygens (including phenoxy) is 2. The number of nitrogens with one attached hydrogen (secondary N) is 1. The van der Waals surface area contributed by atoms with Crippen molar-refractivity contribution in [3.05, 3.63) is 83.4 Å². The summed E-state index contributed by atoms with van der Waals surface area (Å²) in [7, 11) is 0. The fourth-order valence-corrected chi connectivity index (χ4v) is 2.80. The van der Waals surface area contributed by atoms with Crippen LogP contribution >= 0.6 is 0 Å². The third-order valence-corrected chi connectivity index (χ3v) is 4.24. The standard InChI is InChI=1S/C23H19NO7/c1-2-30-15-9-7-14(8-10-15)21(25)24-19-5-3-4-6-20(19)31-16-11-12-17(22(26)27)18(13-16)23(28)29/h3-13H,2H2,1H3,(H,24,25)(H,26,27)(H,28,29). The number of hydrogen-bond donors (Lipinski definition) is 3. The van der Waals surface area contributed by atoms with Crippen LogP contribution < -0.4 is 14.8 Å². The Morgan fingerprint density at radius 2 is 1.48 bits per heavy atom. The molecule has 0 saturated carbocycles. The number of rotatable bonds is 8. The minimum absolute atomic E-state index is 0.116. The number of aromatic carboxylic acids is 2. The molecule has 0 heterocycles. The van der Waals surface area contributed by atoms with Gasteiger partial charge < -0.3 is 25.0 Å². The number of amides is 1. The zero-order valence-electron chi connectivity index (χ0n) is 16.5. The third kappa shape index (κ3) is 5.18. The average molecular weight is 421 g/mol. The van der Waals surface area contributed by atoms with Crippen molar-refractivity contribution in [3.63, 3.8) is 0 Å². The van der Waals surface area contributed by atoms with Gasteiger partial charge in [0.1, 0.15) is 11.5 Å². The summed E-state index contributed by atoms with van der Waals surface area (Å²) in [5.74, 6) is -2.08. The van der Waals surface area contributed by atoms with Gasteiger partial charge in [-0.1, -0.05) is 12.1 Å². The van der Waals surface area contributed by atoms with Crippen LogP contribution in [-0.2, 0) is 0 Å². The van der Waals surface area contributed by atoms with E-state index < -0.39 is 17.5 Å². The van der Waals surface area contributed by atoms with Crippen LogP contribution in [0.2, 0.25) is 0 Å². The molecule has 0 bridgehead atoms. The molecular weight excluding hydrogens is 402 g/mol. The fourth-order valence-electron chi connectivity index (χ4n) is 2.80. The summed E-state index contributed by atoms with van der Waals surface area (Å²) in [6, 6.07) is 16.9. The average Bonchev–Trinajstić information content (AvgIpc) is 2.75. The van der Waals surface area contributed by atoms with E-state index in [9.17, 15) is 19.5 Å². The van der Waals surface area contributed by atoms with Gasteiger partial charge in [0.15, 0.2) is 5.75 Å². The van der Waals surface area contributed by atoms with Gasteiger partial charge in [0.2, 0.25) is 0 Å². The van der Waals surface area contributed by atoms with E-state index in [1.165, 1.54) is 6.07 Å². The number of para-hydroxylation sites is 2. The van der Waals surface area contributed by atoms with Gasteiger partial charge in [-0.15, -0.1) is 0 Å².